The van der Waals surface area contributed by atoms with Crippen molar-refractivity contribution in [2.45, 2.75) is 11.8 Å². The van der Waals surface area contributed by atoms with Crippen LogP contribution in [0.25, 0.3) is 6.08 Å². The van der Waals surface area contributed by atoms with Crippen LogP contribution in [0.1, 0.15) is 33.2 Å². The van der Waals surface area contributed by atoms with E-state index in [1.54, 1.807) is 72.8 Å². The Bertz CT molecular complexity index is 1500. The number of amides is 3. The second-order valence-corrected chi connectivity index (χ2v) is 10.2. The van der Waals surface area contributed by atoms with Crippen LogP contribution in [-0.4, -0.2) is 29.3 Å². The minimum Gasteiger partial charge on any atom is -0.325 e. The Balaban J connectivity index is 1.39. The van der Waals surface area contributed by atoms with Gasteiger partial charge in [0, 0.05) is 27.4 Å². The Hall–Kier alpha value is -4.47. The monoisotopic (exact) mass is 555 g/mol. The third kappa shape index (κ3) is 8.26. The van der Waals surface area contributed by atoms with E-state index in [1.807, 2.05) is 29.0 Å². The molecule has 3 N–H and O–H groups in total. The van der Waals surface area contributed by atoms with Crippen molar-refractivity contribution in [3.05, 3.63) is 118 Å². The maximum Gasteiger partial charge on any atom is 0.272 e. The molecule has 0 aliphatic heterocycles. The average Bonchev–Trinajstić information content (AvgIpc) is 3.46. The van der Waals surface area contributed by atoms with Gasteiger partial charge in [0.05, 0.1) is 5.75 Å². The summed E-state index contributed by atoms with van der Waals surface area (Å²) in [6, 6.07) is 24.4. The first kappa shape index (κ1) is 27.6. The number of Topliss-reactive ketones (excluding diaryl/α,β-unsaturated/α-hetero) is 1. The van der Waals surface area contributed by atoms with Gasteiger partial charge in [0.1, 0.15) is 5.70 Å². The number of hydrogen-bond acceptors (Lipinski definition) is 6. The summed E-state index contributed by atoms with van der Waals surface area (Å²) in [5.74, 6) is -0.946. The second-order valence-electron chi connectivity index (χ2n) is 8.39. The van der Waals surface area contributed by atoms with Crippen molar-refractivity contribution in [2.75, 3.05) is 16.4 Å². The van der Waals surface area contributed by atoms with Crippen molar-refractivity contribution < 1.29 is 19.2 Å². The van der Waals surface area contributed by atoms with Crippen molar-refractivity contribution in [3.63, 3.8) is 0 Å². The Morgan fingerprint density at radius 2 is 1.59 bits per heavy atom. The van der Waals surface area contributed by atoms with Gasteiger partial charge in [-0.25, -0.2) is 0 Å². The number of nitrogens with one attached hydrogen (secondary N) is 3. The Labute approximate surface area is 234 Å². The molecule has 0 radical (unpaired) electrons. The highest BCUT2D eigenvalue weighted by molar-refractivity contribution is 8.00. The third-order valence-corrected chi connectivity index (χ3v) is 7.12. The lowest BCUT2D eigenvalue weighted by molar-refractivity contribution is -0.114. The number of thiophene rings is 1. The lowest BCUT2D eigenvalue weighted by Crippen LogP contribution is -2.30. The molecule has 0 aliphatic carbocycles. The topological polar surface area (TPSA) is 104 Å². The fourth-order valence-electron chi connectivity index (χ4n) is 3.46. The van der Waals surface area contributed by atoms with Gasteiger partial charge in [0.15, 0.2) is 5.78 Å². The molecule has 9 heteroatoms. The van der Waals surface area contributed by atoms with Gasteiger partial charge in [-0.05, 0) is 90.0 Å². The summed E-state index contributed by atoms with van der Waals surface area (Å²) in [4.78, 5) is 50.5. The molecule has 3 amide bonds. The minimum atomic E-state index is -0.473. The smallest absolute Gasteiger partial charge is 0.272 e. The van der Waals surface area contributed by atoms with Crippen LogP contribution < -0.4 is 16.0 Å². The zero-order valence-corrected chi connectivity index (χ0v) is 22.6. The summed E-state index contributed by atoms with van der Waals surface area (Å²) in [7, 11) is 0. The average molecular weight is 556 g/mol. The lowest BCUT2D eigenvalue weighted by atomic mass is 10.1. The number of anilines is 2. The van der Waals surface area contributed by atoms with E-state index in [4.69, 9.17) is 0 Å². The van der Waals surface area contributed by atoms with Gasteiger partial charge >= 0.3 is 0 Å². The van der Waals surface area contributed by atoms with Crippen LogP contribution in [0.15, 0.2) is 106 Å². The first-order chi connectivity index (χ1) is 18.9. The van der Waals surface area contributed by atoms with E-state index < -0.39 is 11.8 Å². The van der Waals surface area contributed by atoms with Gasteiger partial charge < -0.3 is 16.0 Å². The third-order valence-electron chi connectivity index (χ3n) is 5.42. The fourth-order valence-corrected chi connectivity index (χ4v) is 4.84. The number of carbonyl (C=O) groups excluding carboxylic acids is 4. The van der Waals surface area contributed by atoms with Gasteiger partial charge in [-0.15, -0.1) is 11.8 Å². The summed E-state index contributed by atoms with van der Waals surface area (Å²) in [5.41, 5.74) is 3.05. The summed E-state index contributed by atoms with van der Waals surface area (Å²) in [5, 5.41) is 12.1. The highest BCUT2D eigenvalue weighted by atomic mass is 32.2. The van der Waals surface area contributed by atoms with E-state index in [1.165, 1.54) is 30.0 Å². The molecule has 196 valence electrons. The van der Waals surface area contributed by atoms with Crippen molar-refractivity contribution in [1.29, 1.82) is 0 Å². The van der Waals surface area contributed by atoms with Crippen LogP contribution in [0.3, 0.4) is 0 Å². The molecule has 1 heterocycles. The van der Waals surface area contributed by atoms with E-state index in [0.29, 0.717) is 22.5 Å². The van der Waals surface area contributed by atoms with E-state index in [9.17, 15) is 19.2 Å². The molecule has 0 fully saturated rings. The molecule has 0 atom stereocenters. The molecule has 3 aromatic carbocycles. The lowest BCUT2D eigenvalue weighted by Gasteiger charge is -2.12. The number of rotatable bonds is 10. The van der Waals surface area contributed by atoms with Crippen LogP contribution in [0.4, 0.5) is 11.4 Å². The summed E-state index contributed by atoms with van der Waals surface area (Å²) in [6.07, 6.45) is 1.62. The quantitative estimate of drug-likeness (QED) is 0.125. The number of carbonyl (C=O) groups is 4. The van der Waals surface area contributed by atoms with Gasteiger partial charge in [-0.3, -0.25) is 19.2 Å². The van der Waals surface area contributed by atoms with Crippen molar-refractivity contribution in [3.8, 4) is 0 Å². The van der Waals surface area contributed by atoms with Gasteiger partial charge in [0.2, 0.25) is 5.91 Å². The Kier molecular flexibility index (Phi) is 9.44. The van der Waals surface area contributed by atoms with Crippen LogP contribution >= 0.6 is 23.1 Å². The molecule has 0 bridgehead atoms. The zero-order valence-electron chi connectivity index (χ0n) is 21.0. The van der Waals surface area contributed by atoms with Crippen molar-refractivity contribution >= 4 is 64.1 Å². The molecular formula is C30H25N3O4S2. The van der Waals surface area contributed by atoms with Gasteiger partial charge in [-0.2, -0.15) is 11.3 Å². The standard InChI is InChI=1S/C30H25N3O4S2/c1-20(34)22-10-12-24(13-11-22)31-28(35)19-39-26-9-5-8-25(17-26)32-30(37)27(16-21-14-15-38-18-21)33-29(36)23-6-3-2-4-7-23/h2-18H,19H2,1H3,(H,31,35)(H,32,37)(H,33,36)/b27-16-. The molecule has 0 spiro atoms. The molecule has 0 unspecified atom stereocenters. The molecule has 1 aromatic heterocycles. The molecule has 4 rings (SSSR count). The van der Waals surface area contributed by atoms with Crippen molar-refractivity contribution in [1.82, 2.24) is 5.32 Å². The number of thioether (sulfide) groups is 1. The van der Waals surface area contributed by atoms with E-state index in [2.05, 4.69) is 16.0 Å². The largest absolute Gasteiger partial charge is 0.325 e. The Morgan fingerprint density at radius 3 is 2.28 bits per heavy atom. The molecule has 0 saturated carbocycles. The molecule has 0 saturated heterocycles. The number of hydrogen-bond donors (Lipinski definition) is 3. The van der Waals surface area contributed by atoms with Gasteiger partial charge in [-0.1, -0.05) is 24.3 Å². The predicted molar refractivity (Wildman–Crippen MR) is 157 cm³/mol. The van der Waals surface area contributed by atoms with Crippen LogP contribution in [-0.2, 0) is 9.59 Å². The van der Waals surface area contributed by atoms with Crippen LogP contribution in [0.2, 0.25) is 0 Å². The second kappa shape index (κ2) is 13.4. The summed E-state index contributed by atoms with van der Waals surface area (Å²) in [6.45, 7) is 1.49. The van der Waals surface area contributed by atoms with E-state index in [-0.39, 0.29) is 23.1 Å². The van der Waals surface area contributed by atoms with Gasteiger partial charge in [0.25, 0.3) is 11.8 Å². The van der Waals surface area contributed by atoms with Crippen LogP contribution in [0, 0.1) is 0 Å². The zero-order chi connectivity index (χ0) is 27.6. The maximum atomic E-state index is 13.2. The molecule has 39 heavy (non-hydrogen) atoms. The SMILES string of the molecule is CC(=O)c1ccc(NC(=O)CSc2cccc(NC(=O)/C(=C/c3ccsc3)NC(=O)c3ccccc3)c2)cc1. The molecule has 7 nitrogen and oxygen atoms in total. The number of ketones is 1. The van der Waals surface area contributed by atoms with E-state index in [0.717, 1.165) is 10.5 Å². The van der Waals surface area contributed by atoms with E-state index >= 15 is 0 Å². The van der Waals surface area contributed by atoms with Crippen molar-refractivity contribution in [2.24, 2.45) is 0 Å². The maximum absolute atomic E-state index is 13.2. The molecule has 4 aromatic rings. The number of benzene rings is 3. The summed E-state index contributed by atoms with van der Waals surface area (Å²) < 4.78 is 0. The van der Waals surface area contributed by atoms with Crippen LogP contribution in [0.5, 0.6) is 0 Å². The first-order valence-electron chi connectivity index (χ1n) is 11.9. The summed E-state index contributed by atoms with van der Waals surface area (Å²) >= 11 is 2.80. The first-order valence-corrected chi connectivity index (χ1v) is 13.9. The fraction of sp³-hybridized carbons (Fsp3) is 0.0667. The normalized spacial score (nSPS) is 10.9. The highest BCUT2D eigenvalue weighted by Crippen LogP contribution is 2.23. The Morgan fingerprint density at radius 1 is 0.821 bits per heavy atom. The minimum absolute atomic E-state index is 0.0388. The molecular weight excluding hydrogens is 530 g/mol. The predicted octanol–water partition coefficient (Wildman–Crippen LogP) is 6.09. The molecule has 0 aliphatic rings. The highest BCUT2D eigenvalue weighted by Gasteiger charge is 2.15.